The van der Waals surface area contributed by atoms with E-state index >= 15 is 0 Å². The molecule has 4 rings (SSSR count). The third-order valence-corrected chi connectivity index (χ3v) is 6.71. The van der Waals surface area contributed by atoms with E-state index in [0.29, 0.717) is 29.4 Å². The Hall–Kier alpha value is -2.41. The van der Waals surface area contributed by atoms with Gasteiger partial charge < -0.3 is 20.4 Å². The second-order valence-electron chi connectivity index (χ2n) is 9.59. The van der Waals surface area contributed by atoms with Gasteiger partial charge in [-0.25, -0.2) is 0 Å². The molecule has 0 radical (unpaired) electrons. The van der Waals surface area contributed by atoms with Gasteiger partial charge in [0.15, 0.2) is 5.11 Å². The van der Waals surface area contributed by atoms with Crippen molar-refractivity contribution in [3.63, 3.8) is 0 Å². The molecule has 32 heavy (non-hydrogen) atoms. The van der Waals surface area contributed by atoms with Crippen LogP contribution in [0.15, 0.2) is 30.3 Å². The van der Waals surface area contributed by atoms with Gasteiger partial charge in [0.2, 0.25) is 5.95 Å². The van der Waals surface area contributed by atoms with Gasteiger partial charge in [-0.05, 0) is 62.2 Å². The molecule has 2 aliphatic rings. The Morgan fingerprint density at radius 3 is 2.06 bits per heavy atom. The number of nitrogens with one attached hydrogen (secondary N) is 2. The first-order valence-electron chi connectivity index (χ1n) is 12.0. The van der Waals surface area contributed by atoms with Crippen molar-refractivity contribution in [2.45, 2.75) is 53.0 Å². The van der Waals surface area contributed by atoms with Gasteiger partial charge in [0.05, 0.1) is 0 Å². The van der Waals surface area contributed by atoms with Crippen LogP contribution < -0.4 is 20.4 Å². The largest absolute Gasteiger partial charge is 0.358 e. The van der Waals surface area contributed by atoms with Gasteiger partial charge in [0.25, 0.3) is 0 Å². The summed E-state index contributed by atoms with van der Waals surface area (Å²) in [5, 5.41) is 7.09. The zero-order valence-electron chi connectivity index (χ0n) is 19.6. The zero-order chi connectivity index (χ0) is 22.5. The number of hydrogen-bond donors (Lipinski definition) is 2. The molecule has 7 heteroatoms. The van der Waals surface area contributed by atoms with Gasteiger partial charge in [-0.3, -0.25) is 0 Å². The van der Waals surface area contributed by atoms with E-state index in [1.54, 1.807) is 0 Å². The summed E-state index contributed by atoms with van der Waals surface area (Å²) in [5.41, 5.74) is 2.45. The topological polar surface area (TPSA) is 56.3 Å². The van der Waals surface area contributed by atoms with E-state index < -0.39 is 0 Å². The van der Waals surface area contributed by atoms with Crippen molar-refractivity contribution in [3.05, 3.63) is 41.5 Å². The highest BCUT2D eigenvalue weighted by molar-refractivity contribution is 7.80. The number of nitrogens with zero attached hydrogens (tertiary/aromatic N) is 4. The molecule has 2 unspecified atom stereocenters. The number of anilines is 3. The second-order valence-corrected chi connectivity index (χ2v) is 10.00. The van der Waals surface area contributed by atoms with Gasteiger partial charge in [0.1, 0.15) is 11.6 Å². The van der Waals surface area contributed by atoms with Crippen molar-refractivity contribution in [2.75, 3.05) is 41.3 Å². The summed E-state index contributed by atoms with van der Waals surface area (Å²) in [4.78, 5) is 14.5. The van der Waals surface area contributed by atoms with Crippen LogP contribution in [0.25, 0.3) is 0 Å². The Labute approximate surface area is 197 Å². The first-order valence-corrected chi connectivity index (χ1v) is 12.4. The molecular weight excluding hydrogens is 416 g/mol. The highest BCUT2D eigenvalue weighted by Crippen LogP contribution is 2.28. The lowest BCUT2D eigenvalue weighted by atomic mass is 10.00. The van der Waals surface area contributed by atoms with Crippen molar-refractivity contribution < 1.29 is 0 Å². The summed E-state index contributed by atoms with van der Waals surface area (Å²) in [6, 6.07) is 10.6. The quantitative estimate of drug-likeness (QED) is 0.635. The maximum absolute atomic E-state index is 5.57. The maximum atomic E-state index is 5.57. The number of rotatable bonds is 5. The highest BCUT2D eigenvalue weighted by Gasteiger charge is 2.23. The average molecular weight is 453 g/mol. The van der Waals surface area contributed by atoms with Crippen molar-refractivity contribution in [1.82, 2.24) is 15.3 Å². The molecule has 0 aliphatic carbocycles. The van der Waals surface area contributed by atoms with Gasteiger partial charge in [-0.2, -0.15) is 9.97 Å². The number of hydrogen-bond acceptors (Lipinski definition) is 5. The Morgan fingerprint density at radius 2 is 1.53 bits per heavy atom. The molecular formula is C25H36N6S. The van der Waals surface area contributed by atoms with E-state index in [1.165, 1.54) is 36.8 Å². The molecule has 0 amide bonds. The van der Waals surface area contributed by atoms with Crippen LogP contribution in [0.2, 0.25) is 0 Å². The van der Waals surface area contributed by atoms with E-state index in [1.807, 2.05) is 0 Å². The lowest BCUT2D eigenvalue weighted by Gasteiger charge is -2.35. The summed E-state index contributed by atoms with van der Waals surface area (Å²) in [6.07, 6.45) is 4.99. The predicted octanol–water partition coefficient (Wildman–Crippen LogP) is 4.74. The number of piperidine rings is 2. The van der Waals surface area contributed by atoms with Crippen molar-refractivity contribution in [3.8, 4) is 0 Å². The lowest BCUT2D eigenvalue weighted by molar-refractivity contribution is 0.441. The van der Waals surface area contributed by atoms with Crippen molar-refractivity contribution >= 4 is 34.9 Å². The highest BCUT2D eigenvalue weighted by atomic mass is 32.1. The van der Waals surface area contributed by atoms with Crippen molar-refractivity contribution in [2.24, 2.45) is 11.8 Å². The zero-order valence-corrected chi connectivity index (χ0v) is 20.4. The fraction of sp³-hybridized carbons (Fsp3) is 0.560. The number of benzene rings is 1. The number of aromatic nitrogens is 2. The van der Waals surface area contributed by atoms with E-state index in [2.05, 4.69) is 71.5 Å². The smallest absolute Gasteiger partial charge is 0.232 e. The van der Waals surface area contributed by atoms with Crippen LogP contribution in [0.4, 0.5) is 17.6 Å². The molecule has 3 heterocycles. The first kappa shape index (κ1) is 22.8. The minimum atomic E-state index is 0.549. The summed E-state index contributed by atoms with van der Waals surface area (Å²) in [7, 11) is 0. The van der Waals surface area contributed by atoms with E-state index in [9.17, 15) is 0 Å². The molecule has 0 spiro atoms. The summed E-state index contributed by atoms with van der Waals surface area (Å²) in [5.74, 6) is 3.96. The van der Waals surface area contributed by atoms with Crippen LogP contribution in [-0.4, -0.2) is 41.3 Å². The molecule has 1 aromatic carbocycles. The molecule has 2 aliphatic heterocycles. The molecule has 1 aromatic heterocycles. The van der Waals surface area contributed by atoms with Crippen LogP contribution in [-0.2, 0) is 6.54 Å². The van der Waals surface area contributed by atoms with Crippen LogP contribution >= 0.6 is 12.2 Å². The van der Waals surface area contributed by atoms with Crippen LogP contribution in [0.5, 0.6) is 0 Å². The Morgan fingerprint density at radius 1 is 0.969 bits per heavy atom. The normalized spacial score (nSPS) is 21.3. The van der Waals surface area contributed by atoms with Gasteiger partial charge in [0, 0.05) is 38.8 Å². The van der Waals surface area contributed by atoms with E-state index in [-0.39, 0.29) is 0 Å². The molecule has 2 fully saturated rings. The fourth-order valence-corrected chi connectivity index (χ4v) is 4.79. The summed E-state index contributed by atoms with van der Waals surface area (Å²) >= 11 is 5.57. The molecule has 0 saturated carbocycles. The molecule has 6 nitrogen and oxygen atoms in total. The van der Waals surface area contributed by atoms with Crippen LogP contribution in [0, 0.1) is 18.8 Å². The fourth-order valence-electron chi connectivity index (χ4n) is 4.63. The monoisotopic (exact) mass is 452 g/mol. The molecule has 0 bridgehead atoms. The predicted molar refractivity (Wildman–Crippen MR) is 137 cm³/mol. The SMILES string of the molecule is Cc1ccc(CNC(=S)Nc2nc(N3CCCC(C)C3)cc(N3CCCC(C)C3)n2)cc1. The van der Waals surface area contributed by atoms with Crippen LogP contribution in [0.3, 0.4) is 0 Å². The molecule has 2 N–H and O–H groups in total. The molecule has 2 aromatic rings. The van der Waals surface area contributed by atoms with Gasteiger partial charge in [-0.1, -0.05) is 43.7 Å². The Balaban J connectivity index is 1.50. The minimum Gasteiger partial charge on any atom is -0.358 e. The Kier molecular flexibility index (Phi) is 7.45. The Bertz CT molecular complexity index is 875. The van der Waals surface area contributed by atoms with Gasteiger partial charge in [-0.15, -0.1) is 0 Å². The maximum Gasteiger partial charge on any atom is 0.232 e. The molecule has 172 valence electrons. The minimum absolute atomic E-state index is 0.549. The number of aryl methyl sites for hydroxylation is 1. The van der Waals surface area contributed by atoms with E-state index in [0.717, 1.165) is 37.8 Å². The summed E-state index contributed by atoms with van der Waals surface area (Å²) < 4.78 is 0. The molecule has 2 saturated heterocycles. The third-order valence-electron chi connectivity index (χ3n) is 6.46. The third kappa shape index (κ3) is 6.09. The van der Waals surface area contributed by atoms with E-state index in [4.69, 9.17) is 22.2 Å². The summed E-state index contributed by atoms with van der Waals surface area (Å²) in [6.45, 7) is 11.6. The van der Waals surface area contributed by atoms with Crippen LogP contribution in [0.1, 0.15) is 50.7 Å². The number of thiocarbonyl (C=S) groups is 1. The lowest BCUT2D eigenvalue weighted by Crippen LogP contribution is -2.37. The van der Waals surface area contributed by atoms with Gasteiger partial charge >= 0.3 is 0 Å². The first-order chi connectivity index (χ1) is 15.5. The standard InChI is InChI=1S/C25H36N6S/c1-18-8-10-21(11-9-18)15-26-25(32)29-24-27-22(30-12-4-6-19(2)16-30)14-23(28-24)31-13-5-7-20(3)17-31/h8-11,14,19-20H,4-7,12-13,15-17H2,1-3H3,(H2,26,27,28,29,32). The average Bonchev–Trinajstić information content (AvgIpc) is 2.78. The second kappa shape index (κ2) is 10.5. The van der Waals surface area contributed by atoms with Crippen molar-refractivity contribution in [1.29, 1.82) is 0 Å². The molecule has 2 atom stereocenters.